The fourth-order valence-corrected chi connectivity index (χ4v) is 1.86. The van der Waals surface area contributed by atoms with E-state index in [0.717, 1.165) is 0 Å². The molecular weight excluding hydrogens is 344 g/mol. The molecule has 0 fully saturated rings. The van der Waals surface area contributed by atoms with Gasteiger partial charge in [-0.3, -0.25) is 4.79 Å². The van der Waals surface area contributed by atoms with E-state index in [1.165, 1.54) is 0 Å². The monoisotopic (exact) mass is 357 g/mol. The molecule has 9 heteroatoms. The van der Waals surface area contributed by atoms with Crippen LogP contribution in [-0.4, -0.2) is 41.6 Å². The van der Waals surface area contributed by atoms with Crippen molar-refractivity contribution in [3.63, 3.8) is 0 Å². The van der Waals surface area contributed by atoms with Crippen molar-refractivity contribution < 1.29 is 31.1 Å². The van der Waals surface area contributed by atoms with Gasteiger partial charge in [-0.05, 0) is 6.42 Å². The van der Waals surface area contributed by atoms with E-state index in [4.69, 9.17) is 0 Å². The highest BCUT2D eigenvalue weighted by Crippen LogP contribution is 2.40. The topological polar surface area (TPSA) is 20.3 Å². The van der Waals surface area contributed by atoms with Gasteiger partial charge < -0.3 is 4.90 Å². The molecule has 0 bridgehead atoms. The number of unbranched alkanes of at least 4 members (excludes halogenated alkanes) is 1. The Balaban J connectivity index is 5.14. The van der Waals surface area contributed by atoms with Gasteiger partial charge in [0.2, 0.25) is 11.8 Å². The fourth-order valence-electron chi connectivity index (χ4n) is 1.43. The Bertz CT molecular complexity index is 277. The molecular formula is C10H14BrF6NO. The second-order valence-corrected chi connectivity index (χ2v) is 4.68. The van der Waals surface area contributed by atoms with E-state index in [1.807, 2.05) is 0 Å². The highest BCUT2D eigenvalue weighted by molar-refractivity contribution is 9.09. The zero-order chi connectivity index (χ0) is 15.3. The summed E-state index contributed by atoms with van der Waals surface area (Å²) in [6.45, 7) is 1.41. The Morgan fingerprint density at radius 2 is 1.58 bits per heavy atom. The van der Waals surface area contributed by atoms with E-state index in [9.17, 15) is 31.1 Å². The first kappa shape index (κ1) is 18.5. The summed E-state index contributed by atoms with van der Waals surface area (Å²) < 4.78 is 74.5. The van der Waals surface area contributed by atoms with E-state index in [2.05, 4.69) is 15.9 Å². The molecule has 0 aliphatic rings. The molecule has 0 saturated heterocycles. The number of amides is 1. The Kier molecular flexibility index (Phi) is 7.17. The van der Waals surface area contributed by atoms with Gasteiger partial charge in [0.25, 0.3) is 0 Å². The average molecular weight is 358 g/mol. The largest absolute Gasteiger partial charge is 0.409 e. The first-order valence-electron chi connectivity index (χ1n) is 5.53. The van der Waals surface area contributed by atoms with Crippen LogP contribution in [0.3, 0.4) is 0 Å². The molecule has 0 N–H and O–H groups in total. The van der Waals surface area contributed by atoms with Crippen molar-refractivity contribution in [3.05, 3.63) is 0 Å². The molecule has 0 spiro atoms. The lowest BCUT2D eigenvalue weighted by Crippen LogP contribution is -2.50. The maximum absolute atomic E-state index is 12.4. The van der Waals surface area contributed by atoms with Crippen molar-refractivity contribution in [3.8, 4) is 0 Å². The van der Waals surface area contributed by atoms with Crippen LogP contribution in [0, 0.1) is 5.92 Å². The third-order valence-corrected chi connectivity index (χ3v) is 2.70. The molecule has 0 unspecified atom stereocenters. The van der Waals surface area contributed by atoms with Crippen LogP contribution >= 0.6 is 15.9 Å². The van der Waals surface area contributed by atoms with Crippen LogP contribution in [0.25, 0.3) is 0 Å². The minimum Gasteiger partial charge on any atom is -0.341 e. The molecule has 0 aromatic heterocycles. The predicted molar refractivity (Wildman–Crippen MR) is 60.9 cm³/mol. The van der Waals surface area contributed by atoms with E-state index in [0.29, 0.717) is 17.7 Å². The van der Waals surface area contributed by atoms with Crippen LogP contribution in [0.4, 0.5) is 26.3 Å². The van der Waals surface area contributed by atoms with Gasteiger partial charge >= 0.3 is 12.4 Å². The van der Waals surface area contributed by atoms with Crippen molar-refractivity contribution >= 4 is 21.8 Å². The predicted octanol–water partition coefficient (Wildman–Crippen LogP) is 3.75. The normalized spacial score (nSPS) is 12.9. The fraction of sp³-hybridized carbons (Fsp3) is 0.900. The first-order valence-corrected chi connectivity index (χ1v) is 6.66. The second kappa shape index (κ2) is 7.35. The molecule has 0 aliphatic heterocycles. The molecule has 0 atom stereocenters. The number of hydrogen-bond donors (Lipinski definition) is 0. The van der Waals surface area contributed by atoms with E-state index in [-0.39, 0.29) is 18.4 Å². The minimum atomic E-state index is -5.63. The molecule has 0 saturated carbocycles. The number of rotatable bonds is 6. The highest BCUT2D eigenvalue weighted by Gasteiger charge is 2.61. The highest BCUT2D eigenvalue weighted by atomic mass is 79.9. The van der Waals surface area contributed by atoms with Crippen molar-refractivity contribution in [2.24, 2.45) is 5.92 Å². The second-order valence-electron chi connectivity index (χ2n) is 3.88. The Morgan fingerprint density at radius 3 is 1.89 bits per heavy atom. The summed E-state index contributed by atoms with van der Waals surface area (Å²) in [4.78, 5) is 12.1. The van der Waals surface area contributed by atoms with E-state index in [1.54, 1.807) is 6.92 Å². The van der Waals surface area contributed by atoms with Gasteiger partial charge in [0.1, 0.15) is 0 Å². The summed E-state index contributed by atoms with van der Waals surface area (Å²) in [5.41, 5.74) is 0. The zero-order valence-electron chi connectivity index (χ0n) is 10.1. The van der Waals surface area contributed by atoms with Crippen LogP contribution in [-0.2, 0) is 4.79 Å². The Hall–Kier alpha value is -0.470. The minimum absolute atomic E-state index is 0.116. The molecule has 114 valence electrons. The molecule has 0 heterocycles. The van der Waals surface area contributed by atoms with Crippen molar-refractivity contribution in [1.82, 2.24) is 4.90 Å². The lowest BCUT2D eigenvalue weighted by atomic mass is 10.1. The summed E-state index contributed by atoms with van der Waals surface area (Å²) in [7, 11) is 0. The molecule has 1 amide bonds. The van der Waals surface area contributed by atoms with Crippen molar-refractivity contribution in [2.75, 3.05) is 18.4 Å². The molecule has 0 aromatic carbocycles. The number of nitrogens with zero attached hydrogens (tertiary/aromatic N) is 1. The third kappa shape index (κ3) is 6.01. The SMILES string of the molecule is CCCCN(CCBr)C(=O)C(C(F)(F)F)C(F)(F)F. The van der Waals surface area contributed by atoms with Crippen LogP contribution < -0.4 is 0 Å². The Morgan fingerprint density at radius 1 is 1.11 bits per heavy atom. The van der Waals surface area contributed by atoms with Gasteiger partial charge in [-0.25, -0.2) is 0 Å². The van der Waals surface area contributed by atoms with Gasteiger partial charge in [-0.2, -0.15) is 26.3 Å². The molecule has 2 nitrogen and oxygen atoms in total. The van der Waals surface area contributed by atoms with Crippen molar-refractivity contribution in [2.45, 2.75) is 32.1 Å². The number of halogens is 7. The number of carbonyl (C=O) groups excluding carboxylic acids is 1. The summed E-state index contributed by atoms with van der Waals surface area (Å²) in [5.74, 6) is -5.89. The first-order chi connectivity index (χ1) is 8.55. The van der Waals surface area contributed by atoms with Gasteiger partial charge in [0.05, 0.1) is 0 Å². The van der Waals surface area contributed by atoms with Gasteiger partial charge in [0.15, 0.2) is 0 Å². The van der Waals surface area contributed by atoms with Crippen LogP contribution in [0.2, 0.25) is 0 Å². The average Bonchev–Trinajstić information content (AvgIpc) is 2.19. The van der Waals surface area contributed by atoms with Gasteiger partial charge in [0, 0.05) is 18.4 Å². The van der Waals surface area contributed by atoms with Gasteiger partial charge in [-0.1, -0.05) is 29.3 Å². The quantitative estimate of drug-likeness (QED) is 0.523. The van der Waals surface area contributed by atoms with Crippen LogP contribution in [0.15, 0.2) is 0 Å². The molecule has 0 radical (unpaired) electrons. The summed E-state index contributed by atoms with van der Waals surface area (Å²) in [6.07, 6.45) is -10.4. The number of alkyl halides is 7. The Labute approximate surface area is 115 Å². The van der Waals surface area contributed by atoms with E-state index >= 15 is 0 Å². The molecule has 0 rings (SSSR count). The maximum atomic E-state index is 12.4. The maximum Gasteiger partial charge on any atom is 0.409 e. The molecule has 19 heavy (non-hydrogen) atoms. The lowest BCUT2D eigenvalue weighted by Gasteiger charge is -2.29. The molecule has 0 aliphatic carbocycles. The lowest BCUT2D eigenvalue weighted by molar-refractivity contribution is -0.277. The summed E-state index contributed by atoms with van der Waals surface area (Å²) in [6, 6.07) is 0. The van der Waals surface area contributed by atoms with Crippen LogP contribution in [0.1, 0.15) is 19.8 Å². The summed E-state index contributed by atoms with van der Waals surface area (Å²) >= 11 is 2.90. The standard InChI is InChI=1S/C10H14BrF6NO/c1-2-3-5-18(6-4-11)8(19)7(9(12,13)14)10(15,16)17/h7H,2-6H2,1H3. The number of hydrogen-bond acceptors (Lipinski definition) is 1. The van der Waals surface area contributed by atoms with E-state index < -0.39 is 24.2 Å². The molecule has 0 aromatic rings. The zero-order valence-corrected chi connectivity index (χ0v) is 11.7. The van der Waals surface area contributed by atoms with Crippen LogP contribution in [0.5, 0.6) is 0 Å². The number of carbonyl (C=O) groups is 1. The summed E-state index contributed by atoms with van der Waals surface area (Å²) in [5, 5.41) is 0.116. The van der Waals surface area contributed by atoms with Crippen molar-refractivity contribution in [1.29, 1.82) is 0 Å². The van der Waals surface area contributed by atoms with Gasteiger partial charge in [-0.15, -0.1) is 0 Å². The third-order valence-electron chi connectivity index (χ3n) is 2.35. The smallest absolute Gasteiger partial charge is 0.341 e.